The van der Waals surface area contributed by atoms with E-state index in [4.69, 9.17) is 38.0 Å². The Kier molecular flexibility index (Phi) is 5.58. The summed E-state index contributed by atoms with van der Waals surface area (Å²) in [5.41, 5.74) is 0.416. The first kappa shape index (κ1) is 16.8. The molecule has 0 radical (unpaired) electrons. The van der Waals surface area contributed by atoms with Crippen molar-refractivity contribution in [2.75, 3.05) is 7.11 Å². The van der Waals surface area contributed by atoms with Crippen LogP contribution in [-0.2, 0) is 4.84 Å². The van der Waals surface area contributed by atoms with E-state index in [1.807, 2.05) is 6.07 Å². The van der Waals surface area contributed by atoms with Gasteiger partial charge in [-0.1, -0.05) is 58.7 Å². The molecule has 0 spiro atoms. The summed E-state index contributed by atoms with van der Waals surface area (Å²) in [6, 6.07) is 13.4. The van der Waals surface area contributed by atoms with Crippen molar-refractivity contribution in [1.29, 1.82) is 5.26 Å². The van der Waals surface area contributed by atoms with Gasteiger partial charge in [-0.05, 0) is 12.1 Å². The van der Waals surface area contributed by atoms with Gasteiger partial charge in [0, 0.05) is 5.56 Å². The van der Waals surface area contributed by atoms with E-state index < -0.39 is 5.97 Å². The lowest BCUT2D eigenvalue weighted by atomic mass is 10.1. The lowest BCUT2D eigenvalue weighted by Gasteiger charge is -2.09. The summed E-state index contributed by atoms with van der Waals surface area (Å²) in [5.74, 6) is -0.796. The van der Waals surface area contributed by atoms with E-state index >= 15 is 0 Å². The molecule has 0 aromatic heterocycles. The highest BCUT2D eigenvalue weighted by Gasteiger charge is 2.21. The van der Waals surface area contributed by atoms with Crippen LogP contribution in [-0.4, -0.2) is 18.8 Å². The summed E-state index contributed by atoms with van der Waals surface area (Å²) < 4.78 is 5.07. The monoisotopic (exact) mass is 348 g/mol. The molecule has 0 aliphatic carbocycles. The average molecular weight is 349 g/mol. The van der Waals surface area contributed by atoms with Gasteiger partial charge >= 0.3 is 5.97 Å². The Balaban J connectivity index is 2.32. The number of nitriles is 1. The van der Waals surface area contributed by atoms with Crippen molar-refractivity contribution in [1.82, 2.24) is 0 Å². The van der Waals surface area contributed by atoms with Gasteiger partial charge in [0.1, 0.15) is 11.6 Å². The van der Waals surface area contributed by atoms with Crippen molar-refractivity contribution in [3.05, 3.63) is 63.6 Å². The third-order valence-corrected chi connectivity index (χ3v) is 3.45. The molecule has 0 N–H and O–H groups in total. The number of nitrogens with zero attached hydrogens (tertiary/aromatic N) is 2. The van der Waals surface area contributed by atoms with Crippen LogP contribution in [0, 0.1) is 11.3 Å². The molecule has 7 heteroatoms. The molecule has 23 heavy (non-hydrogen) atoms. The van der Waals surface area contributed by atoms with Gasteiger partial charge < -0.3 is 9.57 Å². The third-order valence-electron chi connectivity index (χ3n) is 2.84. The van der Waals surface area contributed by atoms with Crippen molar-refractivity contribution in [3.63, 3.8) is 0 Å². The van der Waals surface area contributed by atoms with Gasteiger partial charge in [0.05, 0.1) is 17.2 Å². The lowest BCUT2D eigenvalue weighted by Crippen LogP contribution is -2.07. The third kappa shape index (κ3) is 3.81. The first-order chi connectivity index (χ1) is 11.1. The number of carbonyl (C=O) groups excluding carboxylic acids is 1. The number of oxime groups is 1. The summed E-state index contributed by atoms with van der Waals surface area (Å²) in [4.78, 5) is 17.0. The zero-order valence-electron chi connectivity index (χ0n) is 11.9. The summed E-state index contributed by atoms with van der Waals surface area (Å²) >= 11 is 11.9. The maximum absolute atomic E-state index is 12.2. The minimum atomic E-state index is -0.877. The van der Waals surface area contributed by atoms with Crippen LogP contribution in [0.15, 0.2) is 47.6 Å². The summed E-state index contributed by atoms with van der Waals surface area (Å²) in [7, 11) is 1.35. The molecule has 0 heterocycles. The van der Waals surface area contributed by atoms with E-state index in [2.05, 4.69) is 5.16 Å². The standard InChI is InChI=1S/C16H10Cl2N2O3/c1-22-15-12(18)8-7-11(17)14(15)16(21)23-20-13(9-19)10-5-3-2-4-6-10/h2-8H,1H3/b20-13+. The first-order valence-electron chi connectivity index (χ1n) is 6.35. The van der Waals surface area contributed by atoms with Crippen LogP contribution in [0.5, 0.6) is 5.75 Å². The van der Waals surface area contributed by atoms with E-state index in [1.165, 1.54) is 19.2 Å². The van der Waals surface area contributed by atoms with E-state index in [0.717, 1.165) is 0 Å². The summed E-state index contributed by atoms with van der Waals surface area (Å²) in [6.07, 6.45) is 0. The number of hydrogen-bond acceptors (Lipinski definition) is 5. The maximum Gasteiger partial charge on any atom is 0.371 e. The van der Waals surface area contributed by atoms with Crippen molar-refractivity contribution in [3.8, 4) is 11.8 Å². The number of carbonyl (C=O) groups is 1. The fourth-order valence-electron chi connectivity index (χ4n) is 1.79. The first-order valence-corrected chi connectivity index (χ1v) is 7.11. The Labute approximate surface area is 142 Å². The van der Waals surface area contributed by atoms with Crippen LogP contribution in [0.3, 0.4) is 0 Å². The van der Waals surface area contributed by atoms with Crippen molar-refractivity contribution >= 4 is 34.9 Å². The van der Waals surface area contributed by atoms with Gasteiger partial charge in [-0.3, -0.25) is 0 Å². The summed E-state index contributed by atoms with van der Waals surface area (Å²) in [6.45, 7) is 0. The van der Waals surface area contributed by atoms with Gasteiger partial charge in [0.15, 0.2) is 11.5 Å². The molecule has 2 aromatic carbocycles. The molecule has 2 aromatic rings. The Hall–Kier alpha value is -2.55. The van der Waals surface area contributed by atoms with Crippen molar-refractivity contribution in [2.45, 2.75) is 0 Å². The molecule has 0 bridgehead atoms. The molecular weight excluding hydrogens is 339 g/mol. The van der Waals surface area contributed by atoms with Crippen LogP contribution >= 0.6 is 23.2 Å². The fraction of sp³-hybridized carbons (Fsp3) is 0.0625. The number of methoxy groups -OCH3 is 1. The van der Waals surface area contributed by atoms with Crippen LogP contribution in [0.4, 0.5) is 0 Å². The zero-order valence-corrected chi connectivity index (χ0v) is 13.4. The van der Waals surface area contributed by atoms with Crippen molar-refractivity contribution < 1.29 is 14.4 Å². The second-order valence-corrected chi connectivity index (χ2v) is 5.05. The van der Waals surface area contributed by atoms with E-state index in [0.29, 0.717) is 5.56 Å². The highest BCUT2D eigenvalue weighted by molar-refractivity contribution is 6.37. The Bertz CT molecular complexity index is 799. The topological polar surface area (TPSA) is 71.7 Å². The SMILES string of the molecule is COc1c(Cl)ccc(Cl)c1C(=O)O/N=C(\C#N)c1ccccc1. The predicted octanol–water partition coefficient (Wildman–Crippen LogP) is 4.09. The maximum atomic E-state index is 12.2. The molecule has 0 saturated heterocycles. The average Bonchev–Trinajstić information content (AvgIpc) is 2.58. The number of hydrogen-bond donors (Lipinski definition) is 0. The molecule has 0 aliphatic heterocycles. The van der Waals surface area contributed by atoms with Crippen LogP contribution in [0.25, 0.3) is 0 Å². The van der Waals surface area contributed by atoms with E-state index in [1.54, 1.807) is 30.3 Å². The molecule has 0 atom stereocenters. The largest absolute Gasteiger partial charge is 0.494 e. The zero-order chi connectivity index (χ0) is 16.8. The van der Waals surface area contributed by atoms with Gasteiger partial charge in [-0.2, -0.15) is 5.26 Å². The predicted molar refractivity (Wildman–Crippen MR) is 87.0 cm³/mol. The second-order valence-electron chi connectivity index (χ2n) is 4.23. The lowest BCUT2D eigenvalue weighted by molar-refractivity contribution is 0.0514. The van der Waals surface area contributed by atoms with Crippen LogP contribution in [0.1, 0.15) is 15.9 Å². The van der Waals surface area contributed by atoms with Gasteiger partial charge in [-0.15, -0.1) is 0 Å². The summed E-state index contributed by atoms with van der Waals surface area (Å²) in [5, 5.41) is 13.0. The molecule has 0 aliphatic rings. The van der Waals surface area contributed by atoms with Crippen LogP contribution < -0.4 is 4.74 Å². The van der Waals surface area contributed by atoms with E-state index in [-0.39, 0.29) is 27.1 Å². The van der Waals surface area contributed by atoms with Gasteiger partial charge in [0.2, 0.25) is 0 Å². The molecule has 0 unspecified atom stereocenters. The Morgan fingerprint density at radius 1 is 1.13 bits per heavy atom. The molecule has 0 amide bonds. The molecule has 5 nitrogen and oxygen atoms in total. The molecule has 0 saturated carbocycles. The number of rotatable bonds is 4. The Morgan fingerprint density at radius 2 is 1.78 bits per heavy atom. The minimum absolute atomic E-state index is 0.0453. The Morgan fingerprint density at radius 3 is 2.39 bits per heavy atom. The van der Waals surface area contributed by atoms with Crippen LogP contribution in [0.2, 0.25) is 10.0 Å². The molecule has 116 valence electrons. The highest BCUT2D eigenvalue weighted by atomic mass is 35.5. The van der Waals surface area contributed by atoms with Gasteiger partial charge in [0.25, 0.3) is 0 Å². The molecule has 0 fully saturated rings. The smallest absolute Gasteiger partial charge is 0.371 e. The number of ether oxygens (including phenoxy) is 1. The fourth-order valence-corrected chi connectivity index (χ4v) is 2.25. The molecular formula is C16H10Cl2N2O3. The van der Waals surface area contributed by atoms with E-state index in [9.17, 15) is 4.79 Å². The second kappa shape index (κ2) is 7.63. The number of halogens is 2. The highest BCUT2D eigenvalue weighted by Crippen LogP contribution is 2.34. The van der Waals surface area contributed by atoms with Gasteiger partial charge in [-0.25, -0.2) is 4.79 Å². The quantitative estimate of drug-likeness (QED) is 0.474. The normalized spacial score (nSPS) is 10.8. The minimum Gasteiger partial charge on any atom is -0.494 e. The number of benzene rings is 2. The molecule has 2 rings (SSSR count). The van der Waals surface area contributed by atoms with Crippen molar-refractivity contribution in [2.24, 2.45) is 5.16 Å².